The Balaban J connectivity index is 1.27. The number of benzene rings is 2. The summed E-state index contributed by atoms with van der Waals surface area (Å²) >= 11 is 0. The predicted octanol–water partition coefficient (Wildman–Crippen LogP) is 4.25. The summed E-state index contributed by atoms with van der Waals surface area (Å²) in [6.07, 6.45) is 2.90. The molecule has 1 fully saturated rings. The van der Waals surface area contributed by atoms with Crippen molar-refractivity contribution in [1.29, 1.82) is 0 Å². The number of carbonyl (C=O) groups excluding carboxylic acids is 1. The molecule has 5 nitrogen and oxygen atoms in total. The molecule has 1 amide bonds. The SMILES string of the molecule is Cc1ccccc1-c1ccc(N2CCCC(C(=O)N3CCc4ccccc4C3)C2)nn1. The molecule has 3 heterocycles. The summed E-state index contributed by atoms with van der Waals surface area (Å²) in [5.41, 5.74) is 5.85. The molecule has 0 spiro atoms. The predicted molar refractivity (Wildman–Crippen MR) is 123 cm³/mol. The minimum Gasteiger partial charge on any atom is -0.354 e. The summed E-state index contributed by atoms with van der Waals surface area (Å²) in [5.74, 6) is 1.17. The second-order valence-electron chi connectivity index (χ2n) is 8.66. The molecule has 2 aliphatic heterocycles. The fraction of sp³-hybridized carbons (Fsp3) is 0.346. The standard InChI is InChI=1S/C26H28N4O/c1-19-7-2-5-11-23(19)24-12-13-25(28-27-24)29-15-6-10-22(18-29)26(31)30-16-14-20-8-3-4-9-21(20)17-30/h2-5,7-9,11-13,22H,6,10,14-18H2,1H3. The number of hydrogen-bond donors (Lipinski definition) is 0. The fourth-order valence-electron chi connectivity index (χ4n) is 4.83. The first-order valence-electron chi connectivity index (χ1n) is 11.2. The van der Waals surface area contributed by atoms with Gasteiger partial charge in [0.15, 0.2) is 5.82 Å². The average molecular weight is 413 g/mol. The van der Waals surface area contributed by atoms with E-state index in [1.165, 1.54) is 16.7 Å². The zero-order chi connectivity index (χ0) is 21.2. The number of nitrogens with zero attached hydrogens (tertiary/aromatic N) is 4. The van der Waals surface area contributed by atoms with Gasteiger partial charge in [0.1, 0.15) is 0 Å². The summed E-state index contributed by atoms with van der Waals surface area (Å²) in [4.78, 5) is 17.5. The molecule has 0 bridgehead atoms. The van der Waals surface area contributed by atoms with E-state index in [1.807, 2.05) is 29.2 Å². The molecule has 2 aromatic carbocycles. The highest BCUT2D eigenvalue weighted by atomic mass is 16.2. The van der Waals surface area contributed by atoms with E-state index in [-0.39, 0.29) is 11.8 Å². The Hall–Kier alpha value is -3.21. The molecule has 1 saturated heterocycles. The van der Waals surface area contributed by atoms with Crippen molar-refractivity contribution >= 4 is 11.7 Å². The summed E-state index contributed by atoms with van der Waals surface area (Å²) in [6.45, 7) is 5.28. The molecule has 5 heteroatoms. The van der Waals surface area contributed by atoms with Crippen LogP contribution in [0.25, 0.3) is 11.3 Å². The van der Waals surface area contributed by atoms with Crippen LogP contribution < -0.4 is 4.90 Å². The van der Waals surface area contributed by atoms with E-state index in [4.69, 9.17) is 0 Å². The molecule has 1 aromatic heterocycles. The summed E-state index contributed by atoms with van der Waals surface area (Å²) < 4.78 is 0. The Morgan fingerprint density at radius 1 is 0.935 bits per heavy atom. The van der Waals surface area contributed by atoms with Crippen LogP contribution in [-0.4, -0.2) is 40.6 Å². The van der Waals surface area contributed by atoms with Gasteiger partial charge in [0.2, 0.25) is 5.91 Å². The molecule has 1 unspecified atom stereocenters. The second kappa shape index (κ2) is 8.50. The molecular formula is C26H28N4O. The number of carbonyl (C=O) groups is 1. The maximum atomic E-state index is 13.3. The third kappa shape index (κ3) is 4.05. The molecule has 0 N–H and O–H groups in total. The molecule has 0 radical (unpaired) electrons. The van der Waals surface area contributed by atoms with E-state index < -0.39 is 0 Å². The number of anilines is 1. The van der Waals surface area contributed by atoms with Gasteiger partial charge in [-0.3, -0.25) is 4.79 Å². The lowest BCUT2D eigenvalue weighted by atomic mass is 9.94. The lowest BCUT2D eigenvalue weighted by Gasteiger charge is -2.37. The minimum atomic E-state index is 0.0249. The molecule has 0 saturated carbocycles. The minimum absolute atomic E-state index is 0.0249. The molecule has 0 aliphatic carbocycles. The molecule has 3 aromatic rings. The highest BCUT2D eigenvalue weighted by Crippen LogP contribution is 2.27. The quantitative estimate of drug-likeness (QED) is 0.645. The van der Waals surface area contributed by atoms with Gasteiger partial charge in [-0.1, -0.05) is 48.5 Å². The first-order valence-corrected chi connectivity index (χ1v) is 11.2. The Labute approximate surface area is 183 Å². The van der Waals surface area contributed by atoms with Gasteiger partial charge in [-0.15, -0.1) is 10.2 Å². The van der Waals surface area contributed by atoms with Gasteiger partial charge in [-0.2, -0.15) is 0 Å². The number of piperidine rings is 1. The van der Waals surface area contributed by atoms with Crippen molar-refractivity contribution in [2.24, 2.45) is 5.92 Å². The van der Waals surface area contributed by atoms with Crippen molar-refractivity contribution in [3.8, 4) is 11.3 Å². The zero-order valence-electron chi connectivity index (χ0n) is 18.0. The van der Waals surface area contributed by atoms with E-state index in [9.17, 15) is 4.79 Å². The number of fused-ring (bicyclic) bond motifs is 1. The largest absolute Gasteiger partial charge is 0.354 e. The lowest BCUT2D eigenvalue weighted by molar-refractivity contribution is -0.136. The van der Waals surface area contributed by atoms with Crippen LogP contribution in [0.15, 0.2) is 60.7 Å². The maximum absolute atomic E-state index is 13.3. The van der Waals surface area contributed by atoms with Crippen molar-refractivity contribution < 1.29 is 4.79 Å². The maximum Gasteiger partial charge on any atom is 0.227 e. The van der Waals surface area contributed by atoms with Crippen LogP contribution in [0.5, 0.6) is 0 Å². The monoisotopic (exact) mass is 412 g/mol. The highest BCUT2D eigenvalue weighted by molar-refractivity contribution is 5.80. The van der Waals surface area contributed by atoms with Crippen LogP contribution in [0.2, 0.25) is 0 Å². The Bertz CT molecular complexity index is 1080. The van der Waals surface area contributed by atoms with Gasteiger partial charge in [0.25, 0.3) is 0 Å². The van der Waals surface area contributed by atoms with E-state index in [1.54, 1.807) is 0 Å². The summed E-state index contributed by atoms with van der Waals surface area (Å²) in [6, 6.07) is 20.8. The van der Waals surface area contributed by atoms with E-state index in [0.717, 1.165) is 62.5 Å². The number of aryl methyl sites for hydroxylation is 1. The van der Waals surface area contributed by atoms with Gasteiger partial charge in [-0.05, 0) is 55.0 Å². The molecule has 1 atom stereocenters. The number of rotatable bonds is 3. The van der Waals surface area contributed by atoms with Gasteiger partial charge in [-0.25, -0.2) is 0 Å². The molecule has 5 rings (SSSR count). The van der Waals surface area contributed by atoms with Crippen LogP contribution in [0.3, 0.4) is 0 Å². The van der Waals surface area contributed by atoms with Gasteiger partial charge >= 0.3 is 0 Å². The number of aromatic nitrogens is 2. The van der Waals surface area contributed by atoms with Crippen molar-refractivity contribution in [3.63, 3.8) is 0 Å². The smallest absolute Gasteiger partial charge is 0.227 e. The Morgan fingerprint density at radius 2 is 1.74 bits per heavy atom. The van der Waals surface area contributed by atoms with Crippen molar-refractivity contribution in [2.75, 3.05) is 24.5 Å². The second-order valence-corrected chi connectivity index (χ2v) is 8.66. The van der Waals surface area contributed by atoms with E-state index >= 15 is 0 Å². The van der Waals surface area contributed by atoms with Gasteiger partial charge < -0.3 is 9.80 Å². The van der Waals surface area contributed by atoms with Crippen molar-refractivity contribution in [1.82, 2.24) is 15.1 Å². The van der Waals surface area contributed by atoms with Gasteiger partial charge in [0, 0.05) is 31.7 Å². The number of hydrogen-bond acceptors (Lipinski definition) is 4. The lowest BCUT2D eigenvalue weighted by Crippen LogP contribution is -2.46. The zero-order valence-corrected chi connectivity index (χ0v) is 18.0. The number of amides is 1. The van der Waals surface area contributed by atoms with Crippen molar-refractivity contribution in [3.05, 3.63) is 77.4 Å². The van der Waals surface area contributed by atoms with E-state index in [0.29, 0.717) is 0 Å². The van der Waals surface area contributed by atoms with E-state index in [2.05, 4.69) is 58.4 Å². The normalized spacial score (nSPS) is 18.5. The van der Waals surface area contributed by atoms with Crippen LogP contribution in [0.1, 0.15) is 29.5 Å². The third-order valence-electron chi connectivity index (χ3n) is 6.61. The molecule has 158 valence electrons. The van der Waals surface area contributed by atoms with Crippen LogP contribution in [-0.2, 0) is 17.8 Å². The van der Waals surface area contributed by atoms with Crippen LogP contribution in [0, 0.1) is 12.8 Å². The Kier molecular flexibility index (Phi) is 5.41. The highest BCUT2D eigenvalue weighted by Gasteiger charge is 2.31. The first kappa shape index (κ1) is 19.7. The molecular weight excluding hydrogens is 384 g/mol. The van der Waals surface area contributed by atoms with Crippen LogP contribution in [0.4, 0.5) is 5.82 Å². The first-order chi connectivity index (χ1) is 15.2. The van der Waals surface area contributed by atoms with Crippen molar-refractivity contribution in [2.45, 2.75) is 32.7 Å². The third-order valence-corrected chi connectivity index (χ3v) is 6.61. The topological polar surface area (TPSA) is 49.3 Å². The Morgan fingerprint density at radius 3 is 2.55 bits per heavy atom. The summed E-state index contributed by atoms with van der Waals surface area (Å²) in [7, 11) is 0. The molecule has 2 aliphatic rings. The fourth-order valence-corrected chi connectivity index (χ4v) is 4.83. The molecule has 31 heavy (non-hydrogen) atoms. The summed E-state index contributed by atoms with van der Waals surface area (Å²) in [5, 5.41) is 8.99. The average Bonchev–Trinajstić information content (AvgIpc) is 2.84. The van der Waals surface area contributed by atoms with Gasteiger partial charge in [0.05, 0.1) is 11.6 Å². The van der Waals surface area contributed by atoms with Crippen LogP contribution >= 0.6 is 0 Å².